The first-order chi connectivity index (χ1) is 12.2. The lowest BCUT2D eigenvalue weighted by Crippen LogP contribution is -2.51. The number of aromatic nitrogens is 1. The predicted molar refractivity (Wildman–Crippen MR) is 100.0 cm³/mol. The lowest BCUT2D eigenvalue weighted by atomic mass is 10.0. The number of thiazole rings is 1. The highest BCUT2D eigenvalue weighted by Crippen LogP contribution is 2.34. The molecular weight excluding hydrogens is 332 g/mol. The molecule has 136 valence electrons. The normalized spacial score (nSPS) is 29.3. The molecule has 0 radical (unpaired) electrons. The van der Waals surface area contributed by atoms with Gasteiger partial charge >= 0.3 is 0 Å². The van der Waals surface area contributed by atoms with Gasteiger partial charge in [-0.2, -0.15) is 0 Å². The molecule has 1 aromatic heterocycles. The molecule has 1 aliphatic carbocycles. The molecule has 2 atom stereocenters. The monoisotopic (exact) mass is 360 g/mol. The number of piperazine rings is 1. The Balaban J connectivity index is 1.25. The Bertz CT molecular complexity index is 642. The number of carbonyl (C=O) groups excluding carboxylic acids is 1. The number of hydrogen-bond donors (Lipinski definition) is 1. The molecule has 3 fully saturated rings. The average Bonchev–Trinajstić information content (AvgIpc) is 3.34. The maximum atomic E-state index is 12.7. The van der Waals surface area contributed by atoms with E-state index in [1.54, 1.807) is 0 Å². The zero-order chi connectivity index (χ0) is 16.8. The minimum atomic E-state index is 0.368. The van der Waals surface area contributed by atoms with Crippen LogP contribution in [0.25, 0.3) is 0 Å². The standard InChI is InChI=1S/C19H28N4OS/c24-18(9-13-3-1-2-4-13)22-8-7-16-17(12-22)25-19(21-16)23-10-14-5-6-15(11-23)20-14/h13-15,20H,1-12H2. The highest BCUT2D eigenvalue weighted by atomic mass is 32.1. The van der Waals surface area contributed by atoms with Crippen LogP contribution in [0.4, 0.5) is 5.13 Å². The summed E-state index contributed by atoms with van der Waals surface area (Å²) in [5.41, 5.74) is 1.25. The van der Waals surface area contributed by atoms with Crippen molar-refractivity contribution in [2.24, 2.45) is 5.92 Å². The summed E-state index contributed by atoms with van der Waals surface area (Å²) in [5.74, 6) is 1.01. The number of amides is 1. The molecule has 2 unspecified atom stereocenters. The molecule has 1 saturated carbocycles. The molecule has 1 aromatic rings. The molecule has 3 aliphatic heterocycles. The molecule has 25 heavy (non-hydrogen) atoms. The molecule has 4 aliphatic rings. The molecule has 1 N–H and O–H groups in total. The van der Waals surface area contributed by atoms with Gasteiger partial charge in [0.2, 0.25) is 5.91 Å². The van der Waals surface area contributed by atoms with E-state index in [0.717, 1.165) is 39.0 Å². The minimum absolute atomic E-state index is 0.368. The maximum Gasteiger partial charge on any atom is 0.223 e. The molecule has 1 amide bonds. The van der Waals surface area contributed by atoms with Gasteiger partial charge in [0.05, 0.1) is 12.2 Å². The fourth-order valence-corrected chi connectivity index (χ4v) is 6.21. The van der Waals surface area contributed by atoms with Crippen LogP contribution in [0.15, 0.2) is 0 Å². The lowest BCUT2D eigenvalue weighted by Gasteiger charge is -2.32. The highest BCUT2D eigenvalue weighted by Gasteiger charge is 2.34. The number of nitrogens with one attached hydrogen (secondary N) is 1. The third kappa shape index (κ3) is 3.19. The van der Waals surface area contributed by atoms with Crippen LogP contribution in [0.2, 0.25) is 0 Å². The SMILES string of the molecule is O=C(CC1CCCC1)N1CCc2nc(N3CC4CCC(C3)N4)sc2C1. The van der Waals surface area contributed by atoms with Crippen LogP contribution in [0, 0.1) is 5.92 Å². The molecule has 0 aromatic carbocycles. The molecular formula is C19H28N4OS. The second kappa shape index (κ2) is 6.54. The molecule has 6 heteroatoms. The lowest BCUT2D eigenvalue weighted by molar-refractivity contribution is -0.133. The van der Waals surface area contributed by atoms with Crippen molar-refractivity contribution in [3.8, 4) is 0 Å². The van der Waals surface area contributed by atoms with E-state index < -0.39 is 0 Å². The largest absolute Gasteiger partial charge is 0.345 e. The van der Waals surface area contributed by atoms with Crippen LogP contribution in [-0.4, -0.2) is 47.5 Å². The maximum absolute atomic E-state index is 12.7. The highest BCUT2D eigenvalue weighted by molar-refractivity contribution is 7.15. The van der Waals surface area contributed by atoms with Gasteiger partial charge in [-0.15, -0.1) is 0 Å². The summed E-state index contributed by atoms with van der Waals surface area (Å²) in [6.45, 7) is 3.83. The second-order valence-electron chi connectivity index (χ2n) is 8.33. The Kier molecular flexibility index (Phi) is 4.20. The summed E-state index contributed by atoms with van der Waals surface area (Å²) in [6, 6.07) is 1.29. The van der Waals surface area contributed by atoms with Crippen LogP contribution >= 0.6 is 11.3 Å². The van der Waals surface area contributed by atoms with E-state index in [4.69, 9.17) is 4.98 Å². The van der Waals surface area contributed by atoms with Gasteiger partial charge < -0.3 is 15.1 Å². The minimum Gasteiger partial charge on any atom is -0.345 e. The fourth-order valence-electron chi connectivity index (χ4n) is 5.07. The van der Waals surface area contributed by atoms with Crippen molar-refractivity contribution >= 4 is 22.4 Å². The number of rotatable bonds is 3. The summed E-state index contributed by atoms with van der Waals surface area (Å²) < 4.78 is 0. The van der Waals surface area contributed by atoms with Crippen LogP contribution in [-0.2, 0) is 17.8 Å². The first-order valence-electron chi connectivity index (χ1n) is 10.0. The summed E-state index contributed by atoms with van der Waals surface area (Å²) in [7, 11) is 0. The quantitative estimate of drug-likeness (QED) is 0.900. The zero-order valence-electron chi connectivity index (χ0n) is 14.9. The second-order valence-corrected chi connectivity index (χ2v) is 9.39. The molecule has 0 spiro atoms. The van der Waals surface area contributed by atoms with Crippen LogP contribution in [0.1, 0.15) is 55.5 Å². The van der Waals surface area contributed by atoms with E-state index in [0.29, 0.717) is 23.9 Å². The Hall–Kier alpha value is -1.14. The first-order valence-corrected chi connectivity index (χ1v) is 10.8. The Labute approximate surface area is 153 Å². The average molecular weight is 361 g/mol. The van der Waals surface area contributed by atoms with Crippen molar-refractivity contribution in [3.05, 3.63) is 10.6 Å². The van der Waals surface area contributed by atoms with E-state index in [1.165, 1.54) is 54.2 Å². The summed E-state index contributed by atoms with van der Waals surface area (Å²) in [5, 5.41) is 4.88. The predicted octanol–water partition coefficient (Wildman–Crippen LogP) is 2.55. The van der Waals surface area contributed by atoms with Gasteiger partial charge in [0, 0.05) is 49.4 Å². The van der Waals surface area contributed by atoms with Gasteiger partial charge in [-0.25, -0.2) is 4.98 Å². The Morgan fingerprint density at radius 1 is 1.16 bits per heavy atom. The van der Waals surface area contributed by atoms with E-state index in [-0.39, 0.29) is 0 Å². The summed E-state index contributed by atoms with van der Waals surface area (Å²) in [4.78, 5) is 23.5. The van der Waals surface area contributed by atoms with E-state index in [2.05, 4.69) is 15.1 Å². The third-order valence-electron chi connectivity index (χ3n) is 6.50. The van der Waals surface area contributed by atoms with Gasteiger partial charge in [-0.1, -0.05) is 24.2 Å². The number of hydrogen-bond acceptors (Lipinski definition) is 5. The molecule has 2 saturated heterocycles. The van der Waals surface area contributed by atoms with Gasteiger partial charge in [0.15, 0.2) is 5.13 Å². The van der Waals surface area contributed by atoms with Crippen molar-refractivity contribution in [3.63, 3.8) is 0 Å². The van der Waals surface area contributed by atoms with Crippen molar-refractivity contribution in [2.45, 2.75) is 70.0 Å². The van der Waals surface area contributed by atoms with Crippen molar-refractivity contribution < 1.29 is 4.79 Å². The number of anilines is 1. The van der Waals surface area contributed by atoms with E-state index in [1.807, 2.05) is 11.3 Å². The fraction of sp³-hybridized carbons (Fsp3) is 0.789. The van der Waals surface area contributed by atoms with E-state index >= 15 is 0 Å². The van der Waals surface area contributed by atoms with Gasteiger partial charge in [0.1, 0.15) is 0 Å². The summed E-state index contributed by atoms with van der Waals surface area (Å²) in [6.07, 6.45) is 9.43. The topological polar surface area (TPSA) is 48.5 Å². The number of nitrogens with zero attached hydrogens (tertiary/aromatic N) is 3. The first kappa shape index (κ1) is 16.1. The molecule has 4 heterocycles. The van der Waals surface area contributed by atoms with Crippen LogP contribution < -0.4 is 10.2 Å². The number of fused-ring (bicyclic) bond motifs is 3. The number of carbonyl (C=O) groups is 1. The zero-order valence-corrected chi connectivity index (χ0v) is 15.7. The third-order valence-corrected chi connectivity index (χ3v) is 7.64. The van der Waals surface area contributed by atoms with Crippen LogP contribution in [0.3, 0.4) is 0 Å². The van der Waals surface area contributed by atoms with Crippen molar-refractivity contribution in [1.29, 1.82) is 0 Å². The Morgan fingerprint density at radius 3 is 2.68 bits per heavy atom. The molecule has 5 nitrogen and oxygen atoms in total. The van der Waals surface area contributed by atoms with Crippen LogP contribution in [0.5, 0.6) is 0 Å². The Morgan fingerprint density at radius 2 is 1.92 bits per heavy atom. The van der Waals surface area contributed by atoms with Crippen molar-refractivity contribution in [1.82, 2.24) is 15.2 Å². The van der Waals surface area contributed by atoms with E-state index in [9.17, 15) is 4.79 Å². The smallest absolute Gasteiger partial charge is 0.223 e. The molecule has 2 bridgehead atoms. The summed E-state index contributed by atoms with van der Waals surface area (Å²) >= 11 is 1.83. The van der Waals surface area contributed by atoms with Gasteiger partial charge in [-0.05, 0) is 31.6 Å². The van der Waals surface area contributed by atoms with Gasteiger partial charge in [0.25, 0.3) is 0 Å². The van der Waals surface area contributed by atoms with Gasteiger partial charge in [-0.3, -0.25) is 4.79 Å². The molecule has 5 rings (SSSR count). The van der Waals surface area contributed by atoms with Crippen molar-refractivity contribution in [2.75, 3.05) is 24.5 Å².